The first-order valence-electron chi connectivity index (χ1n) is 8.58. The van der Waals surface area contributed by atoms with E-state index in [1.54, 1.807) is 11.1 Å². The highest BCUT2D eigenvalue weighted by Crippen LogP contribution is 2.57. The molecule has 0 heteroatoms. The molecule has 3 aliphatic carbocycles. The molecule has 0 bridgehead atoms. The zero-order valence-electron chi connectivity index (χ0n) is 12.9. The molecule has 3 saturated carbocycles. The van der Waals surface area contributed by atoms with Gasteiger partial charge in [-0.3, -0.25) is 0 Å². The molecule has 0 aromatic carbocycles. The van der Waals surface area contributed by atoms with Crippen LogP contribution in [-0.2, 0) is 0 Å². The van der Waals surface area contributed by atoms with Gasteiger partial charge in [-0.15, -0.1) is 0 Å². The Kier molecular flexibility index (Phi) is 3.87. The van der Waals surface area contributed by atoms with Crippen molar-refractivity contribution in [2.24, 2.45) is 17.3 Å². The van der Waals surface area contributed by atoms with Crippen molar-refractivity contribution >= 4 is 0 Å². The van der Waals surface area contributed by atoms with Crippen molar-refractivity contribution < 1.29 is 0 Å². The fourth-order valence-corrected chi connectivity index (χ4v) is 4.89. The van der Waals surface area contributed by atoms with Gasteiger partial charge in [-0.05, 0) is 75.0 Å². The third kappa shape index (κ3) is 2.56. The van der Waals surface area contributed by atoms with Gasteiger partial charge in [-0.2, -0.15) is 0 Å². The Morgan fingerprint density at radius 1 is 0.947 bits per heavy atom. The second-order valence-electron chi connectivity index (χ2n) is 7.52. The molecule has 0 aromatic rings. The Morgan fingerprint density at radius 2 is 1.74 bits per heavy atom. The normalized spacial score (nSPS) is 41.4. The quantitative estimate of drug-likeness (QED) is 0.538. The molecular formula is C19H30. The van der Waals surface area contributed by atoms with Crippen molar-refractivity contribution in [1.29, 1.82) is 0 Å². The van der Waals surface area contributed by atoms with Gasteiger partial charge in [0.25, 0.3) is 0 Å². The number of rotatable bonds is 1. The molecule has 0 nitrogen and oxygen atoms in total. The minimum atomic E-state index is 0.620. The van der Waals surface area contributed by atoms with Gasteiger partial charge < -0.3 is 0 Å². The molecule has 3 atom stereocenters. The molecule has 0 saturated heterocycles. The first-order chi connectivity index (χ1) is 9.20. The predicted octanol–water partition coefficient (Wildman–Crippen LogP) is 6.04. The molecule has 0 amide bonds. The molecule has 0 spiro atoms. The minimum Gasteiger partial charge on any atom is -0.0702 e. The Hall–Kier alpha value is -0.520. The van der Waals surface area contributed by atoms with E-state index in [0.717, 1.165) is 11.8 Å². The van der Waals surface area contributed by atoms with Gasteiger partial charge in [0.2, 0.25) is 0 Å². The van der Waals surface area contributed by atoms with Crippen LogP contribution in [0, 0.1) is 17.3 Å². The second kappa shape index (κ2) is 5.46. The molecule has 0 radical (unpaired) electrons. The van der Waals surface area contributed by atoms with E-state index in [4.69, 9.17) is 0 Å². The van der Waals surface area contributed by atoms with Gasteiger partial charge in [-0.1, -0.05) is 43.6 Å². The monoisotopic (exact) mass is 258 g/mol. The largest absolute Gasteiger partial charge is 0.0702 e. The van der Waals surface area contributed by atoms with E-state index in [1.165, 1.54) is 64.2 Å². The molecule has 2 unspecified atom stereocenters. The van der Waals surface area contributed by atoms with Gasteiger partial charge in [0, 0.05) is 0 Å². The Bertz CT molecular complexity index is 379. The van der Waals surface area contributed by atoms with Crippen LogP contribution in [0.5, 0.6) is 0 Å². The highest BCUT2D eigenvalue weighted by molar-refractivity contribution is 5.25. The van der Waals surface area contributed by atoms with E-state index in [0.29, 0.717) is 5.41 Å². The van der Waals surface area contributed by atoms with E-state index in [9.17, 15) is 0 Å². The summed E-state index contributed by atoms with van der Waals surface area (Å²) in [5, 5.41) is 0. The molecule has 0 heterocycles. The number of hydrogen-bond donors (Lipinski definition) is 0. The molecule has 0 N–H and O–H groups in total. The maximum atomic E-state index is 2.57. The lowest BCUT2D eigenvalue weighted by molar-refractivity contribution is 0.147. The molecule has 19 heavy (non-hydrogen) atoms. The highest BCUT2D eigenvalue weighted by atomic mass is 14.5. The number of fused-ring (bicyclic) bond motifs is 1. The Balaban J connectivity index is 1.76. The fraction of sp³-hybridized carbons (Fsp3) is 0.789. The van der Waals surface area contributed by atoms with Crippen LogP contribution in [-0.4, -0.2) is 0 Å². The van der Waals surface area contributed by atoms with Crippen LogP contribution in [0.2, 0.25) is 0 Å². The highest BCUT2D eigenvalue weighted by Gasteiger charge is 2.46. The summed E-state index contributed by atoms with van der Waals surface area (Å²) in [5.74, 6) is 1.83. The van der Waals surface area contributed by atoms with Crippen molar-refractivity contribution in [2.75, 3.05) is 0 Å². The van der Waals surface area contributed by atoms with E-state index < -0.39 is 0 Å². The Morgan fingerprint density at radius 3 is 2.53 bits per heavy atom. The zero-order chi connectivity index (χ0) is 13.3. The van der Waals surface area contributed by atoms with Crippen molar-refractivity contribution in [3.05, 3.63) is 23.3 Å². The second-order valence-corrected chi connectivity index (χ2v) is 7.52. The number of allylic oxidation sites excluding steroid dienone is 4. The van der Waals surface area contributed by atoms with Crippen LogP contribution in [0.3, 0.4) is 0 Å². The van der Waals surface area contributed by atoms with Crippen molar-refractivity contribution in [3.63, 3.8) is 0 Å². The van der Waals surface area contributed by atoms with E-state index in [2.05, 4.69) is 26.0 Å². The molecule has 0 aromatic heterocycles. The van der Waals surface area contributed by atoms with Gasteiger partial charge in [-0.25, -0.2) is 0 Å². The predicted molar refractivity (Wildman–Crippen MR) is 83.1 cm³/mol. The van der Waals surface area contributed by atoms with Gasteiger partial charge in [0.1, 0.15) is 0 Å². The minimum absolute atomic E-state index is 0.620. The lowest BCUT2D eigenvalue weighted by Gasteiger charge is -2.41. The van der Waals surface area contributed by atoms with Crippen LogP contribution in [0.1, 0.15) is 78.1 Å². The summed E-state index contributed by atoms with van der Waals surface area (Å²) in [6.45, 7) is 5.05. The summed E-state index contributed by atoms with van der Waals surface area (Å²) in [6.07, 6.45) is 19.2. The summed E-state index contributed by atoms with van der Waals surface area (Å²) >= 11 is 0. The number of hydrogen-bond acceptors (Lipinski definition) is 0. The van der Waals surface area contributed by atoms with Gasteiger partial charge in [0.15, 0.2) is 0 Å². The molecule has 0 aliphatic heterocycles. The molecule has 3 rings (SSSR count). The average Bonchev–Trinajstić information content (AvgIpc) is 2.74. The fourth-order valence-electron chi connectivity index (χ4n) is 4.89. The third-order valence-electron chi connectivity index (χ3n) is 6.47. The van der Waals surface area contributed by atoms with E-state index in [-0.39, 0.29) is 0 Å². The summed E-state index contributed by atoms with van der Waals surface area (Å²) in [5.41, 5.74) is 4.13. The first kappa shape index (κ1) is 13.5. The summed E-state index contributed by atoms with van der Waals surface area (Å²) in [7, 11) is 0. The van der Waals surface area contributed by atoms with Crippen molar-refractivity contribution in [1.82, 2.24) is 0 Å². The molecular weight excluding hydrogens is 228 g/mol. The Labute approximate surface area is 119 Å². The van der Waals surface area contributed by atoms with Crippen LogP contribution in [0.25, 0.3) is 0 Å². The maximum absolute atomic E-state index is 2.57. The smallest absolute Gasteiger partial charge is 0.0143 e. The van der Waals surface area contributed by atoms with Gasteiger partial charge in [0.05, 0.1) is 0 Å². The van der Waals surface area contributed by atoms with Gasteiger partial charge >= 0.3 is 0 Å². The van der Waals surface area contributed by atoms with Crippen LogP contribution >= 0.6 is 0 Å². The first-order valence-corrected chi connectivity index (χ1v) is 8.58. The lowest BCUT2D eigenvalue weighted by Crippen LogP contribution is -2.31. The lowest BCUT2D eigenvalue weighted by atomic mass is 9.64. The van der Waals surface area contributed by atoms with Crippen LogP contribution in [0.15, 0.2) is 23.3 Å². The maximum Gasteiger partial charge on any atom is -0.0143 e. The molecule has 3 aliphatic rings. The average molecular weight is 258 g/mol. The summed E-state index contributed by atoms with van der Waals surface area (Å²) in [4.78, 5) is 0. The zero-order valence-corrected chi connectivity index (χ0v) is 12.9. The topological polar surface area (TPSA) is 0 Å². The summed E-state index contributed by atoms with van der Waals surface area (Å²) in [6, 6.07) is 0. The van der Waals surface area contributed by atoms with E-state index >= 15 is 0 Å². The summed E-state index contributed by atoms with van der Waals surface area (Å²) < 4.78 is 0. The van der Waals surface area contributed by atoms with Crippen LogP contribution in [0.4, 0.5) is 0 Å². The van der Waals surface area contributed by atoms with E-state index in [1.807, 2.05) is 0 Å². The SMILES string of the molecule is CC1CCC2/C(=C/C=C3CCCCC3)CCC[C@]12C. The third-order valence-corrected chi connectivity index (χ3v) is 6.47. The van der Waals surface area contributed by atoms with Crippen molar-refractivity contribution in [2.45, 2.75) is 78.1 Å². The molecule has 3 fully saturated rings. The standard InChI is InChI=1S/C19H30/c1-15-10-13-18-17(9-6-14-19(15,18)2)12-11-16-7-4-3-5-8-16/h11-12,15,18H,3-10,13-14H2,1-2H3/b17-12+/t15?,18?,19-/m1/s1. The van der Waals surface area contributed by atoms with Crippen molar-refractivity contribution in [3.8, 4) is 0 Å². The molecule has 106 valence electrons. The van der Waals surface area contributed by atoms with Crippen LogP contribution < -0.4 is 0 Å².